The summed E-state index contributed by atoms with van der Waals surface area (Å²) >= 11 is 0. The minimum absolute atomic E-state index is 0.0319. The van der Waals surface area contributed by atoms with Gasteiger partial charge in [0, 0.05) is 42.6 Å². The topological polar surface area (TPSA) is 81.9 Å². The lowest BCUT2D eigenvalue weighted by Crippen LogP contribution is -2.43. The third kappa shape index (κ3) is 5.12. The molecule has 2 aromatic heterocycles. The molecule has 0 radical (unpaired) electrons. The molecule has 0 saturated carbocycles. The number of anilines is 1. The summed E-state index contributed by atoms with van der Waals surface area (Å²) in [5.74, 6) is -0.600. The Balaban J connectivity index is 1.31. The summed E-state index contributed by atoms with van der Waals surface area (Å²) in [7, 11) is 0. The summed E-state index contributed by atoms with van der Waals surface area (Å²) in [6.45, 7) is 1.26. The van der Waals surface area contributed by atoms with Gasteiger partial charge in [0.25, 0.3) is 0 Å². The van der Waals surface area contributed by atoms with E-state index in [9.17, 15) is 14.4 Å². The van der Waals surface area contributed by atoms with Gasteiger partial charge in [-0.3, -0.25) is 9.78 Å². The fourth-order valence-corrected chi connectivity index (χ4v) is 4.56. The van der Waals surface area contributed by atoms with E-state index < -0.39 is 5.95 Å². The van der Waals surface area contributed by atoms with Crippen LogP contribution in [0.1, 0.15) is 24.1 Å². The number of pyridine rings is 2. The Bertz CT molecular complexity index is 1420. The molecule has 1 fully saturated rings. The van der Waals surface area contributed by atoms with E-state index in [2.05, 4.69) is 33.5 Å². The smallest absolute Gasteiger partial charge is 0.228 e. The van der Waals surface area contributed by atoms with Crippen LogP contribution in [-0.2, 0) is 11.2 Å². The van der Waals surface area contributed by atoms with Crippen LogP contribution >= 0.6 is 0 Å². The van der Waals surface area contributed by atoms with Crippen molar-refractivity contribution in [1.29, 1.82) is 5.26 Å². The fraction of sp³-hybridized carbons (Fsp3) is 0.214. The van der Waals surface area contributed by atoms with Crippen LogP contribution in [0.3, 0.4) is 0 Å². The van der Waals surface area contributed by atoms with E-state index >= 15 is 0 Å². The SMILES string of the molecule is N#Cc1cccc(-c2cc(NC3CCN(C(=O)Cc4cccc(F)n4)CC3)c3cnccc3c2)c1. The van der Waals surface area contributed by atoms with Gasteiger partial charge in [0.15, 0.2) is 0 Å². The van der Waals surface area contributed by atoms with Crippen molar-refractivity contribution in [3.8, 4) is 17.2 Å². The number of nitrogens with zero attached hydrogens (tertiary/aromatic N) is 4. The Morgan fingerprint density at radius 2 is 1.91 bits per heavy atom. The molecule has 1 saturated heterocycles. The summed E-state index contributed by atoms with van der Waals surface area (Å²) in [6.07, 6.45) is 5.35. The number of hydrogen-bond donors (Lipinski definition) is 1. The molecule has 1 amide bonds. The number of aromatic nitrogens is 2. The van der Waals surface area contributed by atoms with Crippen molar-refractivity contribution in [3.63, 3.8) is 0 Å². The fourth-order valence-electron chi connectivity index (χ4n) is 4.56. The van der Waals surface area contributed by atoms with E-state index in [1.807, 2.05) is 35.4 Å². The van der Waals surface area contributed by atoms with Crippen molar-refractivity contribution in [1.82, 2.24) is 14.9 Å². The van der Waals surface area contributed by atoms with Gasteiger partial charge in [0.1, 0.15) is 0 Å². The van der Waals surface area contributed by atoms with Crippen LogP contribution in [0.4, 0.5) is 10.1 Å². The Morgan fingerprint density at radius 3 is 2.71 bits per heavy atom. The number of carbonyl (C=O) groups excluding carboxylic acids is 1. The molecular weight excluding hydrogens is 441 g/mol. The average Bonchev–Trinajstić information content (AvgIpc) is 2.89. The minimum Gasteiger partial charge on any atom is -0.382 e. The molecule has 3 heterocycles. The average molecular weight is 466 g/mol. The predicted molar refractivity (Wildman–Crippen MR) is 133 cm³/mol. The summed E-state index contributed by atoms with van der Waals surface area (Å²) in [5.41, 5.74) is 4.07. The van der Waals surface area contributed by atoms with E-state index in [0.29, 0.717) is 24.3 Å². The van der Waals surface area contributed by atoms with Gasteiger partial charge in [-0.25, -0.2) is 4.98 Å². The number of likely N-dealkylation sites (tertiary alicyclic amines) is 1. The van der Waals surface area contributed by atoms with E-state index in [-0.39, 0.29) is 18.4 Å². The molecule has 174 valence electrons. The van der Waals surface area contributed by atoms with Crippen LogP contribution in [0.15, 0.2) is 73.1 Å². The molecular formula is C28H24FN5O. The number of nitrogens with one attached hydrogen (secondary N) is 1. The van der Waals surface area contributed by atoms with Gasteiger partial charge in [0.05, 0.1) is 23.7 Å². The summed E-state index contributed by atoms with van der Waals surface area (Å²) in [4.78, 5) is 22.6. The van der Waals surface area contributed by atoms with Gasteiger partial charge in [-0.2, -0.15) is 9.65 Å². The zero-order valence-corrected chi connectivity index (χ0v) is 19.1. The molecule has 0 aliphatic carbocycles. The second-order valence-electron chi connectivity index (χ2n) is 8.74. The molecule has 1 aliphatic heterocycles. The van der Waals surface area contributed by atoms with Gasteiger partial charge < -0.3 is 10.2 Å². The van der Waals surface area contributed by atoms with Gasteiger partial charge in [-0.05, 0) is 71.8 Å². The van der Waals surface area contributed by atoms with Crippen LogP contribution in [-0.4, -0.2) is 39.9 Å². The standard InChI is InChI=1S/C28H24FN5O/c29-27-6-2-5-24(33-27)16-28(35)34-11-8-23(9-12-34)32-26-15-22(14-21-7-10-31-18-25(21)26)20-4-1-3-19(13-20)17-30/h1-7,10,13-15,18,23,32H,8-9,11-12,16H2. The van der Waals surface area contributed by atoms with Crippen molar-refractivity contribution >= 4 is 22.4 Å². The molecule has 5 rings (SSSR count). The maximum atomic E-state index is 13.3. The van der Waals surface area contributed by atoms with Crippen molar-refractivity contribution in [2.24, 2.45) is 0 Å². The number of piperidine rings is 1. The highest BCUT2D eigenvalue weighted by atomic mass is 19.1. The third-order valence-corrected chi connectivity index (χ3v) is 6.39. The van der Waals surface area contributed by atoms with E-state index in [1.165, 1.54) is 6.07 Å². The molecule has 1 N–H and O–H groups in total. The molecule has 0 atom stereocenters. The lowest BCUT2D eigenvalue weighted by molar-refractivity contribution is -0.131. The molecule has 4 aromatic rings. The number of halogens is 1. The molecule has 35 heavy (non-hydrogen) atoms. The largest absolute Gasteiger partial charge is 0.382 e. The van der Waals surface area contributed by atoms with Crippen LogP contribution in [0, 0.1) is 17.3 Å². The molecule has 0 bridgehead atoms. The van der Waals surface area contributed by atoms with Gasteiger partial charge in [-0.1, -0.05) is 18.2 Å². The quantitative estimate of drug-likeness (QED) is 0.422. The first-order valence-corrected chi connectivity index (χ1v) is 11.6. The highest BCUT2D eigenvalue weighted by molar-refractivity contribution is 5.97. The van der Waals surface area contributed by atoms with Gasteiger partial charge in [-0.15, -0.1) is 0 Å². The van der Waals surface area contributed by atoms with Crippen LogP contribution in [0.5, 0.6) is 0 Å². The van der Waals surface area contributed by atoms with Gasteiger partial charge in [0.2, 0.25) is 11.9 Å². The predicted octanol–water partition coefficient (Wildman–Crippen LogP) is 4.95. The number of carbonyl (C=O) groups is 1. The van der Waals surface area contributed by atoms with E-state index in [4.69, 9.17) is 0 Å². The van der Waals surface area contributed by atoms with Crippen LogP contribution < -0.4 is 5.32 Å². The second kappa shape index (κ2) is 9.90. The first-order chi connectivity index (χ1) is 17.1. The molecule has 7 heteroatoms. The summed E-state index contributed by atoms with van der Waals surface area (Å²) in [5, 5.41) is 15.1. The van der Waals surface area contributed by atoms with Crippen LogP contribution in [0.25, 0.3) is 21.9 Å². The van der Waals surface area contributed by atoms with Crippen LogP contribution in [0.2, 0.25) is 0 Å². The Labute approximate surface area is 203 Å². The number of amides is 1. The number of rotatable bonds is 5. The van der Waals surface area contributed by atoms with E-state index in [0.717, 1.165) is 40.4 Å². The second-order valence-corrected chi connectivity index (χ2v) is 8.74. The maximum Gasteiger partial charge on any atom is 0.228 e. The summed E-state index contributed by atoms with van der Waals surface area (Å²) in [6, 6.07) is 20.7. The summed E-state index contributed by atoms with van der Waals surface area (Å²) < 4.78 is 13.3. The lowest BCUT2D eigenvalue weighted by Gasteiger charge is -2.33. The maximum absolute atomic E-state index is 13.3. The van der Waals surface area contributed by atoms with Gasteiger partial charge >= 0.3 is 0 Å². The molecule has 1 aliphatic rings. The van der Waals surface area contributed by atoms with E-state index in [1.54, 1.807) is 24.4 Å². The Kier molecular flexibility index (Phi) is 6.36. The molecule has 0 spiro atoms. The highest BCUT2D eigenvalue weighted by Crippen LogP contribution is 2.32. The van der Waals surface area contributed by atoms with Crippen molar-refractivity contribution < 1.29 is 9.18 Å². The number of nitriles is 1. The first kappa shape index (κ1) is 22.5. The Hall–Kier alpha value is -4.31. The zero-order chi connectivity index (χ0) is 24.2. The molecule has 6 nitrogen and oxygen atoms in total. The van der Waals surface area contributed by atoms with Crippen molar-refractivity contribution in [3.05, 3.63) is 90.3 Å². The monoisotopic (exact) mass is 465 g/mol. The highest BCUT2D eigenvalue weighted by Gasteiger charge is 2.23. The van der Waals surface area contributed by atoms with Crippen molar-refractivity contribution in [2.45, 2.75) is 25.3 Å². The van der Waals surface area contributed by atoms with Crippen molar-refractivity contribution in [2.75, 3.05) is 18.4 Å². The zero-order valence-electron chi connectivity index (χ0n) is 19.1. The minimum atomic E-state index is -0.568. The molecule has 2 aromatic carbocycles. The number of benzene rings is 2. The normalized spacial score (nSPS) is 14.0. The molecule has 0 unspecified atom stereocenters. The number of hydrogen-bond acceptors (Lipinski definition) is 5. The first-order valence-electron chi connectivity index (χ1n) is 11.6. The Morgan fingerprint density at radius 1 is 1.09 bits per heavy atom. The number of fused-ring (bicyclic) bond motifs is 1. The third-order valence-electron chi connectivity index (χ3n) is 6.39. The lowest BCUT2D eigenvalue weighted by atomic mass is 9.98.